The van der Waals surface area contributed by atoms with Crippen LogP contribution in [0.3, 0.4) is 0 Å². The summed E-state index contributed by atoms with van der Waals surface area (Å²) >= 11 is 0. The van der Waals surface area contributed by atoms with Gasteiger partial charge in [0.05, 0.1) is 11.9 Å². The van der Waals surface area contributed by atoms with E-state index in [1.165, 1.54) is 0 Å². The molecule has 2 aliphatic rings. The van der Waals surface area contributed by atoms with E-state index < -0.39 is 10.0 Å². The van der Waals surface area contributed by atoms with Gasteiger partial charge in [0.2, 0.25) is 10.0 Å². The van der Waals surface area contributed by atoms with Crippen LogP contribution >= 0.6 is 0 Å². The molecule has 0 aliphatic carbocycles. The van der Waals surface area contributed by atoms with Crippen molar-refractivity contribution in [1.82, 2.24) is 9.62 Å². The zero-order chi connectivity index (χ0) is 12.5. The molecule has 3 unspecified atom stereocenters. The lowest BCUT2D eigenvalue weighted by atomic mass is 10.1. The summed E-state index contributed by atoms with van der Waals surface area (Å²) in [5.74, 6) is 0.485. The predicted molar refractivity (Wildman–Crippen MR) is 66.3 cm³/mol. The molecule has 0 radical (unpaired) electrons. The standard InChI is InChI=1S/C11H22N2O3S/c1-9-6-13(2)7-11(9)12-17(14,15)8-10-4-3-5-16-10/h9-12H,3-8H2,1-2H3. The van der Waals surface area contributed by atoms with Crippen LogP contribution in [-0.2, 0) is 14.8 Å². The summed E-state index contributed by atoms with van der Waals surface area (Å²) in [6.07, 6.45) is 1.73. The summed E-state index contributed by atoms with van der Waals surface area (Å²) in [7, 11) is -1.19. The van der Waals surface area contributed by atoms with Crippen LogP contribution in [0.4, 0.5) is 0 Å². The third-order valence-electron chi connectivity index (χ3n) is 3.56. The first-order chi connectivity index (χ1) is 7.96. The number of hydrogen-bond donors (Lipinski definition) is 1. The summed E-state index contributed by atoms with van der Waals surface area (Å²) < 4.78 is 32.2. The van der Waals surface area contributed by atoms with Gasteiger partial charge >= 0.3 is 0 Å². The van der Waals surface area contributed by atoms with E-state index in [4.69, 9.17) is 4.74 Å². The van der Waals surface area contributed by atoms with E-state index in [-0.39, 0.29) is 17.9 Å². The minimum atomic E-state index is -3.21. The second-order valence-electron chi connectivity index (χ2n) is 5.34. The molecule has 0 aromatic rings. The fourth-order valence-corrected chi connectivity index (χ4v) is 4.28. The SMILES string of the molecule is CC1CN(C)CC1NS(=O)(=O)CC1CCCO1. The van der Waals surface area contributed by atoms with Crippen molar-refractivity contribution in [2.24, 2.45) is 5.92 Å². The Morgan fingerprint density at radius 1 is 1.41 bits per heavy atom. The van der Waals surface area contributed by atoms with Crippen molar-refractivity contribution >= 4 is 10.0 Å². The number of nitrogens with zero attached hydrogens (tertiary/aromatic N) is 1. The lowest BCUT2D eigenvalue weighted by molar-refractivity contribution is 0.127. The molecule has 2 fully saturated rings. The molecule has 6 heteroatoms. The Kier molecular flexibility index (Phi) is 4.07. The summed E-state index contributed by atoms with van der Waals surface area (Å²) in [5.41, 5.74) is 0. The molecule has 0 spiro atoms. The first kappa shape index (κ1) is 13.3. The van der Waals surface area contributed by atoms with E-state index >= 15 is 0 Å². The van der Waals surface area contributed by atoms with Crippen LogP contribution in [0.5, 0.6) is 0 Å². The summed E-state index contributed by atoms with van der Waals surface area (Å²) in [6, 6.07) is 0.0476. The molecule has 0 aromatic heterocycles. The maximum absolute atomic E-state index is 12.0. The Labute approximate surface area is 104 Å². The molecule has 100 valence electrons. The van der Waals surface area contributed by atoms with Gasteiger partial charge in [-0.05, 0) is 25.8 Å². The molecule has 17 heavy (non-hydrogen) atoms. The number of likely N-dealkylation sites (N-methyl/N-ethyl adjacent to an activating group) is 1. The maximum atomic E-state index is 12.0. The van der Waals surface area contributed by atoms with Crippen LogP contribution in [0.2, 0.25) is 0 Å². The normalized spacial score (nSPS) is 35.5. The van der Waals surface area contributed by atoms with E-state index in [0.717, 1.165) is 25.9 Å². The monoisotopic (exact) mass is 262 g/mol. The van der Waals surface area contributed by atoms with Crippen molar-refractivity contribution in [3.63, 3.8) is 0 Å². The average molecular weight is 262 g/mol. The number of rotatable bonds is 4. The molecule has 2 saturated heterocycles. The smallest absolute Gasteiger partial charge is 0.214 e. The van der Waals surface area contributed by atoms with Gasteiger partial charge < -0.3 is 9.64 Å². The van der Waals surface area contributed by atoms with Gasteiger partial charge in [-0.3, -0.25) is 0 Å². The van der Waals surface area contributed by atoms with Crippen molar-refractivity contribution in [3.05, 3.63) is 0 Å². The van der Waals surface area contributed by atoms with Gasteiger partial charge in [-0.25, -0.2) is 13.1 Å². The van der Waals surface area contributed by atoms with Crippen molar-refractivity contribution in [2.45, 2.75) is 31.9 Å². The number of hydrogen-bond acceptors (Lipinski definition) is 4. The van der Waals surface area contributed by atoms with Gasteiger partial charge in [-0.1, -0.05) is 6.92 Å². The van der Waals surface area contributed by atoms with E-state index in [1.807, 2.05) is 7.05 Å². The predicted octanol–water partition coefficient (Wildman–Crippen LogP) is 0.0349. The first-order valence-corrected chi connectivity index (χ1v) is 7.91. The molecule has 0 amide bonds. The van der Waals surface area contributed by atoms with Crippen LogP contribution in [0.1, 0.15) is 19.8 Å². The Hall–Kier alpha value is -0.170. The first-order valence-electron chi connectivity index (χ1n) is 6.26. The van der Waals surface area contributed by atoms with E-state index in [1.54, 1.807) is 0 Å². The summed E-state index contributed by atoms with van der Waals surface area (Å²) in [5, 5.41) is 0. The van der Waals surface area contributed by atoms with Crippen LogP contribution in [0.25, 0.3) is 0 Å². The van der Waals surface area contributed by atoms with E-state index in [0.29, 0.717) is 12.5 Å². The highest BCUT2D eigenvalue weighted by molar-refractivity contribution is 7.89. The lowest BCUT2D eigenvalue weighted by Gasteiger charge is -2.18. The maximum Gasteiger partial charge on any atom is 0.214 e. The topological polar surface area (TPSA) is 58.6 Å². The second-order valence-corrected chi connectivity index (χ2v) is 7.14. The van der Waals surface area contributed by atoms with Gasteiger partial charge in [0.25, 0.3) is 0 Å². The van der Waals surface area contributed by atoms with Gasteiger partial charge in [0.15, 0.2) is 0 Å². The average Bonchev–Trinajstić information content (AvgIpc) is 2.76. The van der Waals surface area contributed by atoms with Gasteiger partial charge in [-0.2, -0.15) is 0 Å². The van der Waals surface area contributed by atoms with Crippen molar-refractivity contribution < 1.29 is 13.2 Å². The lowest BCUT2D eigenvalue weighted by Crippen LogP contribution is -2.42. The Morgan fingerprint density at radius 2 is 2.18 bits per heavy atom. The Balaban J connectivity index is 1.88. The minimum absolute atomic E-state index is 0.0476. The van der Waals surface area contributed by atoms with Gasteiger partial charge in [0.1, 0.15) is 0 Å². The number of ether oxygens (including phenoxy) is 1. The number of sulfonamides is 1. The summed E-state index contributed by atoms with van der Waals surface area (Å²) in [4.78, 5) is 2.16. The third kappa shape index (κ3) is 3.64. The molecule has 0 saturated carbocycles. The summed E-state index contributed by atoms with van der Waals surface area (Å²) in [6.45, 7) is 4.53. The number of likely N-dealkylation sites (tertiary alicyclic amines) is 1. The quantitative estimate of drug-likeness (QED) is 0.777. The van der Waals surface area contributed by atoms with Crippen molar-refractivity contribution in [3.8, 4) is 0 Å². The zero-order valence-corrected chi connectivity index (χ0v) is 11.4. The molecule has 2 aliphatic heterocycles. The fourth-order valence-electron chi connectivity index (χ4n) is 2.66. The van der Waals surface area contributed by atoms with Crippen LogP contribution in [-0.4, -0.2) is 58.0 Å². The molecule has 0 bridgehead atoms. The minimum Gasteiger partial charge on any atom is -0.377 e. The van der Waals surface area contributed by atoms with Crippen LogP contribution < -0.4 is 4.72 Å². The largest absolute Gasteiger partial charge is 0.377 e. The molecule has 2 rings (SSSR count). The molecular weight excluding hydrogens is 240 g/mol. The zero-order valence-electron chi connectivity index (χ0n) is 10.6. The highest BCUT2D eigenvalue weighted by atomic mass is 32.2. The van der Waals surface area contributed by atoms with Gasteiger partial charge in [-0.15, -0.1) is 0 Å². The van der Waals surface area contributed by atoms with Crippen LogP contribution in [0, 0.1) is 5.92 Å². The molecule has 0 aromatic carbocycles. The molecular formula is C11H22N2O3S. The molecule has 3 atom stereocenters. The Morgan fingerprint density at radius 3 is 2.71 bits per heavy atom. The number of nitrogens with one attached hydrogen (secondary N) is 1. The third-order valence-corrected chi connectivity index (χ3v) is 5.03. The van der Waals surface area contributed by atoms with Crippen molar-refractivity contribution in [2.75, 3.05) is 32.5 Å². The van der Waals surface area contributed by atoms with E-state index in [9.17, 15) is 8.42 Å². The molecule has 1 N–H and O–H groups in total. The van der Waals surface area contributed by atoms with Crippen LogP contribution in [0.15, 0.2) is 0 Å². The fraction of sp³-hybridized carbons (Fsp3) is 1.00. The molecule has 2 heterocycles. The highest BCUT2D eigenvalue weighted by Crippen LogP contribution is 2.17. The Bertz CT molecular complexity index is 352. The van der Waals surface area contributed by atoms with Crippen molar-refractivity contribution in [1.29, 1.82) is 0 Å². The highest BCUT2D eigenvalue weighted by Gasteiger charge is 2.32. The second kappa shape index (κ2) is 5.22. The van der Waals surface area contributed by atoms with Gasteiger partial charge in [0, 0.05) is 25.7 Å². The van der Waals surface area contributed by atoms with E-state index in [2.05, 4.69) is 16.5 Å². The molecule has 5 nitrogen and oxygen atoms in total.